The number of nitrogens with zero attached hydrogens (tertiary/aromatic N) is 3. The third-order valence-corrected chi connectivity index (χ3v) is 5.13. The molecule has 0 saturated heterocycles. The predicted molar refractivity (Wildman–Crippen MR) is 122 cm³/mol. The van der Waals surface area contributed by atoms with Crippen LogP contribution in [-0.4, -0.2) is 39.8 Å². The molecule has 6 N–H and O–H groups in total. The van der Waals surface area contributed by atoms with Crippen molar-refractivity contribution < 1.29 is 13.2 Å². The number of guanidine groups is 1. The molecule has 0 aliphatic carbocycles. The summed E-state index contributed by atoms with van der Waals surface area (Å²) in [5.74, 6) is -0.102. The van der Waals surface area contributed by atoms with Gasteiger partial charge in [-0.2, -0.15) is 18.2 Å². The van der Waals surface area contributed by atoms with E-state index in [-0.39, 0.29) is 30.0 Å². The van der Waals surface area contributed by atoms with Gasteiger partial charge in [0.05, 0.1) is 5.69 Å². The molecule has 1 unspecified atom stereocenters. The van der Waals surface area contributed by atoms with Crippen molar-refractivity contribution in [3.63, 3.8) is 0 Å². The van der Waals surface area contributed by atoms with Crippen LogP contribution in [0, 0.1) is 0 Å². The first kappa shape index (κ1) is 24.3. The lowest BCUT2D eigenvalue weighted by atomic mass is 9.92. The Kier molecular flexibility index (Phi) is 6.82. The molecular formula is C22H28F3N7O. The zero-order valence-corrected chi connectivity index (χ0v) is 18.7. The largest absolute Gasteiger partial charge is 0.407 e. The van der Waals surface area contributed by atoms with Crippen LogP contribution >= 0.6 is 0 Å². The van der Waals surface area contributed by atoms with Crippen molar-refractivity contribution in [2.24, 2.45) is 16.5 Å². The van der Waals surface area contributed by atoms with Crippen LogP contribution in [0.15, 0.2) is 46.3 Å². The van der Waals surface area contributed by atoms with Gasteiger partial charge in [0.2, 0.25) is 0 Å². The maximum Gasteiger partial charge on any atom is 0.407 e. The van der Waals surface area contributed by atoms with Gasteiger partial charge in [0.25, 0.3) is 0 Å². The summed E-state index contributed by atoms with van der Waals surface area (Å²) in [4.78, 5) is 23.5. The van der Waals surface area contributed by atoms with Crippen LogP contribution in [0.4, 0.5) is 13.2 Å². The number of hydrogen-bond acceptors (Lipinski definition) is 4. The van der Waals surface area contributed by atoms with Gasteiger partial charge in [0, 0.05) is 29.2 Å². The lowest BCUT2D eigenvalue weighted by molar-refractivity contribution is -0.157. The molecular weight excluding hydrogens is 435 g/mol. The molecule has 0 aliphatic heterocycles. The number of benzene rings is 1. The molecule has 0 bridgehead atoms. The van der Waals surface area contributed by atoms with Crippen LogP contribution in [0.25, 0.3) is 16.7 Å². The third kappa shape index (κ3) is 5.92. The van der Waals surface area contributed by atoms with Gasteiger partial charge in [-0.15, -0.1) is 0 Å². The molecule has 1 atom stereocenters. The number of rotatable bonds is 7. The third-order valence-electron chi connectivity index (χ3n) is 5.13. The van der Waals surface area contributed by atoms with Gasteiger partial charge in [-0.3, -0.25) is 9.56 Å². The number of H-pyrrole nitrogens is 1. The first-order valence-corrected chi connectivity index (χ1v) is 10.4. The Morgan fingerprint density at radius 1 is 1.21 bits per heavy atom. The summed E-state index contributed by atoms with van der Waals surface area (Å²) in [5, 5.41) is 3.24. The summed E-state index contributed by atoms with van der Waals surface area (Å²) in [5.41, 5.74) is 11.6. The molecule has 2 aromatic heterocycles. The number of nitrogens with two attached hydrogens (primary N) is 2. The number of fused-ring (bicyclic) bond motifs is 1. The summed E-state index contributed by atoms with van der Waals surface area (Å²) >= 11 is 0. The van der Waals surface area contributed by atoms with Gasteiger partial charge >= 0.3 is 11.9 Å². The smallest absolute Gasteiger partial charge is 0.370 e. The Morgan fingerprint density at radius 2 is 1.88 bits per heavy atom. The summed E-state index contributed by atoms with van der Waals surface area (Å²) in [6, 6.07) is 5.71. The number of aromatic nitrogens is 3. The Balaban J connectivity index is 1.84. The zero-order chi connectivity index (χ0) is 24.4. The number of nitrogens with one attached hydrogen (secondary N) is 2. The van der Waals surface area contributed by atoms with E-state index >= 15 is 0 Å². The van der Waals surface area contributed by atoms with E-state index in [1.807, 2.05) is 26.8 Å². The quantitative estimate of drug-likeness (QED) is 0.243. The molecule has 0 amide bonds. The number of aliphatic imine (C=N–C) groups is 1. The Morgan fingerprint density at radius 3 is 2.45 bits per heavy atom. The highest BCUT2D eigenvalue weighted by atomic mass is 19.4. The Hall–Kier alpha value is -3.34. The fourth-order valence-electron chi connectivity index (χ4n) is 3.37. The van der Waals surface area contributed by atoms with Gasteiger partial charge in [-0.1, -0.05) is 32.9 Å². The topological polar surface area (TPSA) is 127 Å². The minimum atomic E-state index is -4.50. The molecule has 0 aliphatic rings. The summed E-state index contributed by atoms with van der Waals surface area (Å²) < 4.78 is 42.1. The molecule has 0 spiro atoms. The molecule has 11 heteroatoms. The average molecular weight is 464 g/mol. The van der Waals surface area contributed by atoms with Crippen LogP contribution in [0.1, 0.15) is 44.5 Å². The van der Waals surface area contributed by atoms with E-state index in [1.54, 1.807) is 6.20 Å². The fraction of sp³-hybridized carbons (Fsp3) is 0.409. The zero-order valence-electron chi connectivity index (χ0n) is 18.7. The Labute approximate surface area is 188 Å². The second-order valence-corrected chi connectivity index (χ2v) is 8.81. The highest BCUT2D eigenvalue weighted by molar-refractivity contribution is 5.76. The van der Waals surface area contributed by atoms with Crippen molar-refractivity contribution in [3.8, 4) is 5.69 Å². The fourth-order valence-corrected chi connectivity index (χ4v) is 3.37. The second kappa shape index (κ2) is 9.26. The lowest BCUT2D eigenvalue weighted by Crippen LogP contribution is -2.35. The van der Waals surface area contributed by atoms with Crippen molar-refractivity contribution in [1.82, 2.24) is 19.9 Å². The summed E-state index contributed by atoms with van der Waals surface area (Å²) in [6.45, 7) is 6.41. The first-order valence-electron chi connectivity index (χ1n) is 10.4. The maximum atomic E-state index is 13.6. The predicted octanol–water partition coefficient (Wildman–Crippen LogP) is 2.87. The van der Waals surface area contributed by atoms with E-state index in [9.17, 15) is 18.0 Å². The highest BCUT2D eigenvalue weighted by Gasteiger charge is 2.40. The lowest BCUT2D eigenvalue weighted by Gasteiger charge is -2.22. The number of aromatic amines is 1. The maximum absolute atomic E-state index is 13.6. The van der Waals surface area contributed by atoms with Gasteiger partial charge < -0.3 is 21.8 Å². The van der Waals surface area contributed by atoms with E-state index in [4.69, 9.17) is 11.5 Å². The highest BCUT2D eigenvalue weighted by Crippen LogP contribution is 2.33. The van der Waals surface area contributed by atoms with Crippen LogP contribution in [-0.2, 0) is 5.41 Å². The van der Waals surface area contributed by atoms with E-state index in [0.717, 1.165) is 11.1 Å². The van der Waals surface area contributed by atoms with Crippen LogP contribution in [0.3, 0.4) is 0 Å². The van der Waals surface area contributed by atoms with E-state index in [0.29, 0.717) is 17.8 Å². The molecule has 0 radical (unpaired) electrons. The Bertz CT molecular complexity index is 1180. The first-order chi connectivity index (χ1) is 15.4. The molecule has 3 aromatic rings. The standard InChI is InChI=1S/C22H28F3N7O/c1-21(2,3)16-11-14-12-32(20(33)31-18(14)30-16)15-7-5-13(6-8-15)17(22(23,24)25)28-9-4-10-29-19(26)27/h5-8,11-12,17,28H,4,9-10H2,1-3H3,(H4,26,27,29)(H,30,31,33). The van der Waals surface area contributed by atoms with Gasteiger partial charge in [-0.05, 0) is 36.7 Å². The van der Waals surface area contributed by atoms with Crippen LogP contribution in [0.5, 0.6) is 0 Å². The molecule has 1 aromatic carbocycles. The van der Waals surface area contributed by atoms with Gasteiger partial charge in [0.15, 0.2) is 5.96 Å². The minimum Gasteiger partial charge on any atom is -0.370 e. The average Bonchev–Trinajstić information content (AvgIpc) is 3.12. The molecule has 0 saturated carbocycles. The van der Waals surface area contributed by atoms with E-state index < -0.39 is 17.9 Å². The number of hydrogen-bond donors (Lipinski definition) is 4. The SMILES string of the molecule is CC(C)(C)c1cc2cn(-c3ccc(C(NCCCN=C(N)N)C(F)(F)F)cc3)c(=O)nc2[nH]1. The molecule has 2 heterocycles. The van der Waals surface area contributed by atoms with Crippen LogP contribution < -0.4 is 22.5 Å². The molecule has 178 valence electrons. The number of halogens is 3. The molecule has 0 fully saturated rings. The van der Waals surface area contributed by atoms with E-state index in [1.165, 1.54) is 28.8 Å². The normalized spacial score (nSPS) is 13.3. The summed E-state index contributed by atoms with van der Waals surface area (Å²) in [6.07, 6.45) is -2.52. The molecule has 8 nitrogen and oxygen atoms in total. The van der Waals surface area contributed by atoms with Crippen molar-refractivity contribution in [2.75, 3.05) is 13.1 Å². The summed E-state index contributed by atoms with van der Waals surface area (Å²) in [7, 11) is 0. The monoisotopic (exact) mass is 463 g/mol. The van der Waals surface area contributed by atoms with Crippen molar-refractivity contribution in [3.05, 3.63) is 58.3 Å². The molecule has 3 rings (SSSR count). The van der Waals surface area contributed by atoms with Crippen molar-refractivity contribution in [2.45, 2.75) is 44.8 Å². The molecule has 33 heavy (non-hydrogen) atoms. The van der Waals surface area contributed by atoms with Gasteiger partial charge in [-0.25, -0.2) is 4.79 Å². The van der Waals surface area contributed by atoms with Gasteiger partial charge in [0.1, 0.15) is 11.7 Å². The van der Waals surface area contributed by atoms with Crippen molar-refractivity contribution >= 4 is 17.0 Å². The number of alkyl halides is 3. The van der Waals surface area contributed by atoms with Crippen LogP contribution in [0.2, 0.25) is 0 Å². The van der Waals surface area contributed by atoms with E-state index in [2.05, 4.69) is 20.3 Å². The second-order valence-electron chi connectivity index (χ2n) is 8.81. The van der Waals surface area contributed by atoms with Crippen molar-refractivity contribution in [1.29, 1.82) is 0 Å². The minimum absolute atomic E-state index is 0.0341.